The Bertz CT molecular complexity index is 690. The minimum atomic E-state index is -0.510. The minimum Gasteiger partial charge on any atom is -0.389 e. The second-order valence-electron chi connectivity index (χ2n) is 6.34. The van der Waals surface area contributed by atoms with E-state index in [1.165, 1.54) is 5.56 Å². The van der Waals surface area contributed by atoms with Crippen LogP contribution in [0.15, 0.2) is 48.5 Å². The lowest BCUT2D eigenvalue weighted by atomic mass is 10.1. The molecule has 1 saturated heterocycles. The van der Waals surface area contributed by atoms with Crippen LogP contribution in [-0.2, 0) is 11.3 Å². The Morgan fingerprint density at radius 3 is 2.36 bits per heavy atom. The largest absolute Gasteiger partial charge is 0.389 e. The van der Waals surface area contributed by atoms with Gasteiger partial charge in [-0.25, -0.2) is 0 Å². The Balaban J connectivity index is 1.58. The first-order valence-corrected chi connectivity index (χ1v) is 8.60. The van der Waals surface area contributed by atoms with Crippen LogP contribution >= 0.6 is 0 Å². The van der Waals surface area contributed by atoms with Gasteiger partial charge in [0.15, 0.2) is 0 Å². The maximum absolute atomic E-state index is 12.3. The number of amides is 1. The summed E-state index contributed by atoms with van der Waals surface area (Å²) in [6.45, 7) is 6.07. The molecule has 2 aromatic carbocycles. The standard InChI is InChI=1S/C20H24N2O3/c1-15(23)17-6-8-19(9-7-17)21-20(24)18-4-2-16(3-5-18)14-22-10-12-25-13-11-22/h2-9,15,23H,10-14H2,1H3,(H,21,24). The number of carbonyl (C=O) groups excluding carboxylic acids is 1. The molecule has 5 heteroatoms. The van der Waals surface area contributed by atoms with E-state index in [-0.39, 0.29) is 5.91 Å². The Hall–Kier alpha value is -2.21. The summed E-state index contributed by atoms with van der Waals surface area (Å²) in [5.74, 6) is -0.136. The van der Waals surface area contributed by atoms with Crippen LogP contribution in [0.1, 0.15) is 34.5 Å². The summed E-state index contributed by atoms with van der Waals surface area (Å²) in [6.07, 6.45) is -0.510. The van der Waals surface area contributed by atoms with E-state index in [1.54, 1.807) is 19.1 Å². The molecule has 3 rings (SSSR count). The van der Waals surface area contributed by atoms with Crippen LogP contribution in [0.3, 0.4) is 0 Å². The average Bonchev–Trinajstić information content (AvgIpc) is 2.63. The number of ether oxygens (including phenoxy) is 1. The SMILES string of the molecule is CC(O)c1ccc(NC(=O)c2ccc(CN3CCOCC3)cc2)cc1. The molecule has 0 saturated carbocycles. The zero-order valence-corrected chi connectivity index (χ0v) is 14.4. The van der Waals surface area contributed by atoms with Crippen LogP contribution in [0, 0.1) is 0 Å². The van der Waals surface area contributed by atoms with Crippen LogP contribution in [0.5, 0.6) is 0 Å². The summed E-state index contributed by atoms with van der Waals surface area (Å²) in [5.41, 5.74) is 3.36. The number of hydrogen-bond acceptors (Lipinski definition) is 4. The van der Waals surface area contributed by atoms with Gasteiger partial charge in [-0.2, -0.15) is 0 Å². The van der Waals surface area contributed by atoms with E-state index in [0.717, 1.165) is 38.4 Å². The molecule has 1 unspecified atom stereocenters. The number of carbonyl (C=O) groups is 1. The van der Waals surface area contributed by atoms with Crippen molar-refractivity contribution in [3.8, 4) is 0 Å². The van der Waals surface area contributed by atoms with Crippen LogP contribution < -0.4 is 5.32 Å². The quantitative estimate of drug-likeness (QED) is 0.879. The van der Waals surface area contributed by atoms with Gasteiger partial charge < -0.3 is 15.2 Å². The molecule has 1 heterocycles. The van der Waals surface area contributed by atoms with Crippen molar-refractivity contribution in [1.29, 1.82) is 0 Å². The molecule has 0 radical (unpaired) electrons. The molecule has 0 spiro atoms. The van der Waals surface area contributed by atoms with E-state index >= 15 is 0 Å². The van der Waals surface area contributed by atoms with E-state index in [4.69, 9.17) is 4.74 Å². The Morgan fingerprint density at radius 1 is 1.12 bits per heavy atom. The zero-order valence-electron chi connectivity index (χ0n) is 14.4. The molecular formula is C20H24N2O3. The maximum atomic E-state index is 12.3. The van der Waals surface area contributed by atoms with Crippen LogP contribution in [-0.4, -0.2) is 42.2 Å². The smallest absolute Gasteiger partial charge is 0.255 e. The van der Waals surface area contributed by atoms with Gasteiger partial charge in [0.25, 0.3) is 5.91 Å². The highest BCUT2D eigenvalue weighted by Crippen LogP contribution is 2.17. The summed E-state index contributed by atoms with van der Waals surface area (Å²) < 4.78 is 5.36. The van der Waals surface area contributed by atoms with Crippen molar-refractivity contribution in [2.75, 3.05) is 31.6 Å². The minimum absolute atomic E-state index is 0.136. The summed E-state index contributed by atoms with van der Waals surface area (Å²) in [6, 6.07) is 14.9. The van der Waals surface area contributed by atoms with Gasteiger partial charge >= 0.3 is 0 Å². The van der Waals surface area contributed by atoms with E-state index in [0.29, 0.717) is 11.3 Å². The summed E-state index contributed by atoms with van der Waals surface area (Å²) in [7, 11) is 0. The van der Waals surface area contributed by atoms with Crippen molar-refractivity contribution < 1.29 is 14.6 Å². The molecule has 132 valence electrons. The molecule has 5 nitrogen and oxygen atoms in total. The van der Waals surface area contributed by atoms with Crippen molar-refractivity contribution in [3.05, 3.63) is 65.2 Å². The molecule has 0 bridgehead atoms. The van der Waals surface area contributed by atoms with Crippen molar-refractivity contribution in [2.45, 2.75) is 19.6 Å². The Kier molecular flexibility index (Phi) is 5.81. The first-order chi connectivity index (χ1) is 12.1. The molecule has 0 aliphatic carbocycles. The molecule has 0 aromatic heterocycles. The fourth-order valence-corrected chi connectivity index (χ4v) is 2.83. The van der Waals surface area contributed by atoms with Gasteiger partial charge in [0.1, 0.15) is 0 Å². The van der Waals surface area contributed by atoms with Gasteiger partial charge in [0.05, 0.1) is 19.3 Å². The molecule has 1 aliphatic heterocycles. The van der Waals surface area contributed by atoms with E-state index < -0.39 is 6.10 Å². The molecule has 1 fully saturated rings. The van der Waals surface area contributed by atoms with Crippen molar-refractivity contribution in [3.63, 3.8) is 0 Å². The van der Waals surface area contributed by atoms with E-state index in [1.807, 2.05) is 36.4 Å². The second-order valence-corrected chi connectivity index (χ2v) is 6.34. The highest BCUT2D eigenvalue weighted by Gasteiger charge is 2.11. The molecule has 1 amide bonds. The number of nitrogens with one attached hydrogen (secondary N) is 1. The molecule has 2 N–H and O–H groups in total. The highest BCUT2D eigenvalue weighted by atomic mass is 16.5. The fourth-order valence-electron chi connectivity index (χ4n) is 2.83. The molecule has 1 atom stereocenters. The number of morpholine rings is 1. The van der Waals surface area contributed by atoms with Gasteiger partial charge in [-0.15, -0.1) is 0 Å². The van der Waals surface area contributed by atoms with E-state index in [9.17, 15) is 9.90 Å². The third-order valence-electron chi connectivity index (χ3n) is 4.38. The van der Waals surface area contributed by atoms with Crippen LogP contribution in [0.4, 0.5) is 5.69 Å². The molecule has 25 heavy (non-hydrogen) atoms. The number of aliphatic hydroxyl groups excluding tert-OH is 1. The van der Waals surface area contributed by atoms with Gasteiger partial charge in [0, 0.05) is 30.9 Å². The molecule has 1 aliphatic rings. The number of rotatable bonds is 5. The number of benzene rings is 2. The predicted molar refractivity (Wildman–Crippen MR) is 97.6 cm³/mol. The van der Waals surface area contributed by atoms with Crippen molar-refractivity contribution >= 4 is 11.6 Å². The lowest BCUT2D eigenvalue weighted by Crippen LogP contribution is -2.35. The number of anilines is 1. The normalized spacial score (nSPS) is 16.4. The summed E-state index contributed by atoms with van der Waals surface area (Å²) in [4.78, 5) is 14.7. The Morgan fingerprint density at radius 2 is 1.76 bits per heavy atom. The third kappa shape index (κ3) is 4.89. The van der Waals surface area contributed by atoms with Gasteiger partial charge in [0.2, 0.25) is 0 Å². The lowest BCUT2D eigenvalue weighted by Gasteiger charge is -2.26. The van der Waals surface area contributed by atoms with Crippen molar-refractivity contribution in [2.24, 2.45) is 0 Å². The highest BCUT2D eigenvalue weighted by molar-refractivity contribution is 6.04. The second kappa shape index (κ2) is 8.25. The van der Waals surface area contributed by atoms with Gasteiger partial charge in [-0.1, -0.05) is 24.3 Å². The first-order valence-electron chi connectivity index (χ1n) is 8.60. The van der Waals surface area contributed by atoms with Crippen LogP contribution in [0.25, 0.3) is 0 Å². The van der Waals surface area contributed by atoms with Crippen molar-refractivity contribution in [1.82, 2.24) is 4.90 Å². The number of hydrogen-bond donors (Lipinski definition) is 2. The first kappa shape index (κ1) is 17.6. The zero-order chi connectivity index (χ0) is 17.6. The fraction of sp³-hybridized carbons (Fsp3) is 0.350. The van der Waals surface area contributed by atoms with E-state index in [2.05, 4.69) is 10.2 Å². The monoisotopic (exact) mass is 340 g/mol. The topological polar surface area (TPSA) is 61.8 Å². The number of aliphatic hydroxyl groups is 1. The average molecular weight is 340 g/mol. The lowest BCUT2D eigenvalue weighted by molar-refractivity contribution is 0.0342. The maximum Gasteiger partial charge on any atom is 0.255 e. The molecular weight excluding hydrogens is 316 g/mol. The Labute approximate surface area is 148 Å². The summed E-state index contributed by atoms with van der Waals surface area (Å²) >= 11 is 0. The predicted octanol–water partition coefficient (Wildman–Crippen LogP) is 2.82. The van der Waals surface area contributed by atoms with Crippen LogP contribution in [0.2, 0.25) is 0 Å². The molecule has 2 aromatic rings. The third-order valence-corrected chi connectivity index (χ3v) is 4.38. The number of nitrogens with zero attached hydrogens (tertiary/aromatic N) is 1. The summed E-state index contributed by atoms with van der Waals surface area (Å²) in [5, 5.41) is 12.4. The van der Waals surface area contributed by atoms with Gasteiger partial charge in [-0.3, -0.25) is 9.69 Å². The van der Waals surface area contributed by atoms with Gasteiger partial charge in [-0.05, 0) is 42.3 Å².